The number of carbonyl (C=O) groups excluding carboxylic acids is 1. The van der Waals surface area contributed by atoms with Gasteiger partial charge < -0.3 is 15.2 Å². The summed E-state index contributed by atoms with van der Waals surface area (Å²) in [6, 6.07) is 5.61. The number of hydrogen-bond donors (Lipinski definition) is 1. The summed E-state index contributed by atoms with van der Waals surface area (Å²) in [5.41, 5.74) is 6.81. The van der Waals surface area contributed by atoms with Crippen LogP contribution in [0.5, 0.6) is 5.75 Å². The molecule has 0 amide bonds. The Morgan fingerprint density at radius 3 is 2.82 bits per heavy atom. The van der Waals surface area contributed by atoms with Crippen LogP contribution < -0.4 is 10.5 Å². The Balaban J connectivity index is 2.71. The van der Waals surface area contributed by atoms with Crippen LogP contribution >= 0.6 is 15.9 Å². The lowest BCUT2D eigenvalue weighted by atomic mass is 10.1. The zero-order valence-electron chi connectivity index (χ0n) is 9.90. The number of esters is 1. The maximum atomic E-state index is 10.9. The van der Waals surface area contributed by atoms with E-state index in [4.69, 9.17) is 10.5 Å². The van der Waals surface area contributed by atoms with Crippen LogP contribution in [-0.4, -0.2) is 25.7 Å². The van der Waals surface area contributed by atoms with Gasteiger partial charge in [0.2, 0.25) is 0 Å². The molecule has 2 N–H and O–H groups in total. The molecule has 0 aliphatic carbocycles. The normalized spacial score (nSPS) is 12.0. The Labute approximate surface area is 109 Å². The van der Waals surface area contributed by atoms with Crippen LogP contribution in [0.2, 0.25) is 0 Å². The van der Waals surface area contributed by atoms with Gasteiger partial charge in [-0.05, 0) is 37.1 Å². The van der Waals surface area contributed by atoms with Crippen LogP contribution in [0.1, 0.15) is 12.5 Å². The molecule has 17 heavy (non-hydrogen) atoms. The lowest BCUT2D eigenvalue weighted by Crippen LogP contribution is -2.18. The van der Waals surface area contributed by atoms with E-state index in [0.717, 1.165) is 16.5 Å². The highest BCUT2D eigenvalue weighted by Gasteiger charge is 2.07. The van der Waals surface area contributed by atoms with Crippen molar-refractivity contribution in [1.82, 2.24) is 0 Å². The molecule has 0 aliphatic heterocycles. The second-order valence-electron chi connectivity index (χ2n) is 3.80. The molecule has 0 saturated carbocycles. The Morgan fingerprint density at radius 2 is 2.24 bits per heavy atom. The summed E-state index contributed by atoms with van der Waals surface area (Å²) in [6.07, 6.45) is 0.746. The monoisotopic (exact) mass is 301 g/mol. The molecule has 0 aromatic heterocycles. The molecule has 4 nitrogen and oxygen atoms in total. The van der Waals surface area contributed by atoms with Crippen molar-refractivity contribution in [2.24, 2.45) is 5.73 Å². The van der Waals surface area contributed by atoms with E-state index in [2.05, 4.69) is 20.7 Å². The van der Waals surface area contributed by atoms with Gasteiger partial charge in [0.15, 0.2) is 6.61 Å². The van der Waals surface area contributed by atoms with E-state index in [0.29, 0.717) is 5.75 Å². The van der Waals surface area contributed by atoms with Gasteiger partial charge in [0.1, 0.15) is 5.75 Å². The number of benzene rings is 1. The number of carbonyl (C=O) groups is 1. The number of halogens is 1. The molecule has 0 heterocycles. The van der Waals surface area contributed by atoms with E-state index in [1.807, 2.05) is 19.1 Å². The second kappa shape index (κ2) is 6.61. The zero-order chi connectivity index (χ0) is 12.8. The first kappa shape index (κ1) is 14.0. The maximum absolute atomic E-state index is 10.9. The molecule has 0 fully saturated rings. The first-order valence-corrected chi connectivity index (χ1v) is 6.06. The van der Waals surface area contributed by atoms with Gasteiger partial charge in [-0.2, -0.15) is 0 Å². The highest BCUT2D eigenvalue weighted by molar-refractivity contribution is 9.10. The minimum Gasteiger partial charge on any atom is -0.482 e. The lowest BCUT2D eigenvalue weighted by Gasteiger charge is -2.10. The largest absolute Gasteiger partial charge is 0.482 e. The van der Waals surface area contributed by atoms with E-state index in [1.54, 1.807) is 6.07 Å². The number of rotatable bonds is 5. The molecular formula is C12H16BrNO3. The SMILES string of the molecule is COC(=O)COc1ccc(Br)c(CC(C)N)c1. The molecular weight excluding hydrogens is 286 g/mol. The van der Waals surface area contributed by atoms with Crippen LogP contribution in [-0.2, 0) is 16.0 Å². The van der Waals surface area contributed by atoms with Gasteiger partial charge in [0.25, 0.3) is 0 Å². The van der Waals surface area contributed by atoms with Crippen molar-refractivity contribution in [1.29, 1.82) is 0 Å². The van der Waals surface area contributed by atoms with Crippen molar-refractivity contribution in [3.05, 3.63) is 28.2 Å². The van der Waals surface area contributed by atoms with Crippen LogP contribution in [0.25, 0.3) is 0 Å². The van der Waals surface area contributed by atoms with Crippen LogP contribution in [0.4, 0.5) is 0 Å². The lowest BCUT2D eigenvalue weighted by molar-refractivity contribution is -0.142. The first-order valence-electron chi connectivity index (χ1n) is 5.26. The van der Waals surface area contributed by atoms with Crippen molar-refractivity contribution in [2.45, 2.75) is 19.4 Å². The third-order valence-corrected chi connectivity index (χ3v) is 2.92. The molecule has 1 aromatic rings. The first-order chi connectivity index (χ1) is 8.02. The maximum Gasteiger partial charge on any atom is 0.343 e. The molecule has 0 spiro atoms. The summed E-state index contributed by atoms with van der Waals surface area (Å²) < 4.78 is 10.8. The average Bonchev–Trinajstić information content (AvgIpc) is 2.29. The molecule has 0 aliphatic rings. The predicted molar refractivity (Wildman–Crippen MR) is 69.0 cm³/mol. The highest BCUT2D eigenvalue weighted by atomic mass is 79.9. The molecule has 1 aromatic carbocycles. The van der Waals surface area contributed by atoms with Gasteiger partial charge in [0.05, 0.1) is 7.11 Å². The van der Waals surface area contributed by atoms with Gasteiger partial charge in [-0.3, -0.25) is 0 Å². The Bertz CT molecular complexity index is 393. The quantitative estimate of drug-likeness (QED) is 0.844. The summed E-state index contributed by atoms with van der Waals surface area (Å²) in [4.78, 5) is 10.9. The molecule has 94 valence electrons. The van der Waals surface area contributed by atoms with Crippen molar-refractivity contribution < 1.29 is 14.3 Å². The second-order valence-corrected chi connectivity index (χ2v) is 4.65. The van der Waals surface area contributed by atoms with E-state index in [-0.39, 0.29) is 12.6 Å². The minimum atomic E-state index is -0.401. The standard InChI is InChI=1S/C12H16BrNO3/c1-8(14)5-9-6-10(3-4-11(9)13)17-7-12(15)16-2/h3-4,6,8H,5,7,14H2,1-2H3. The number of hydrogen-bond acceptors (Lipinski definition) is 4. The summed E-state index contributed by atoms with van der Waals surface area (Å²) >= 11 is 3.45. The smallest absolute Gasteiger partial charge is 0.343 e. The van der Waals surface area contributed by atoms with Crippen LogP contribution in [0, 0.1) is 0 Å². The Morgan fingerprint density at radius 1 is 1.53 bits per heavy atom. The third kappa shape index (κ3) is 4.75. The fourth-order valence-corrected chi connectivity index (χ4v) is 1.75. The summed E-state index contributed by atoms with van der Waals surface area (Å²) in [6.45, 7) is 1.85. The molecule has 0 bridgehead atoms. The van der Waals surface area contributed by atoms with Crippen molar-refractivity contribution in [3.8, 4) is 5.75 Å². The molecule has 1 atom stereocenters. The number of nitrogens with two attached hydrogens (primary N) is 1. The fraction of sp³-hybridized carbons (Fsp3) is 0.417. The summed E-state index contributed by atoms with van der Waals surface area (Å²) in [5, 5.41) is 0. The van der Waals surface area contributed by atoms with Gasteiger partial charge >= 0.3 is 5.97 Å². The number of methoxy groups -OCH3 is 1. The highest BCUT2D eigenvalue weighted by Crippen LogP contribution is 2.23. The van der Waals surface area contributed by atoms with Crippen LogP contribution in [0.3, 0.4) is 0 Å². The van der Waals surface area contributed by atoms with E-state index in [1.165, 1.54) is 7.11 Å². The van der Waals surface area contributed by atoms with Crippen LogP contribution in [0.15, 0.2) is 22.7 Å². The van der Waals surface area contributed by atoms with Crippen molar-refractivity contribution >= 4 is 21.9 Å². The van der Waals surface area contributed by atoms with Crippen molar-refractivity contribution in [2.75, 3.05) is 13.7 Å². The third-order valence-electron chi connectivity index (χ3n) is 2.14. The Kier molecular flexibility index (Phi) is 5.44. The Hall–Kier alpha value is -1.07. The molecule has 5 heteroatoms. The fourth-order valence-electron chi connectivity index (χ4n) is 1.35. The zero-order valence-corrected chi connectivity index (χ0v) is 11.5. The molecule has 1 unspecified atom stereocenters. The van der Waals surface area contributed by atoms with E-state index >= 15 is 0 Å². The van der Waals surface area contributed by atoms with E-state index < -0.39 is 5.97 Å². The topological polar surface area (TPSA) is 61.5 Å². The number of ether oxygens (including phenoxy) is 2. The van der Waals surface area contributed by atoms with Gasteiger partial charge in [-0.25, -0.2) is 4.79 Å². The van der Waals surface area contributed by atoms with Crippen molar-refractivity contribution in [3.63, 3.8) is 0 Å². The van der Waals surface area contributed by atoms with E-state index in [9.17, 15) is 4.79 Å². The molecule has 0 saturated heterocycles. The molecule has 0 radical (unpaired) electrons. The van der Waals surface area contributed by atoms with Gasteiger partial charge in [-0.15, -0.1) is 0 Å². The average molecular weight is 302 g/mol. The molecule has 1 rings (SSSR count). The van der Waals surface area contributed by atoms with Gasteiger partial charge in [-0.1, -0.05) is 15.9 Å². The van der Waals surface area contributed by atoms with Gasteiger partial charge in [0, 0.05) is 10.5 Å². The summed E-state index contributed by atoms with van der Waals surface area (Å²) in [5.74, 6) is 0.232. The predicted octanol–water partition coefficient (Wildman–Crippen LogP) is 1.89. The minimum absolute atomic E-state index is 0.0714. The summed E-state index contributed by atoms with van der Waals surface area (Å²) in [7, 11) is 1.33.